The largest absolute Gasteiger partial charge is 0.494 e. The SMILES string of the molecule is COc1ccc(C(=O)Nc2ccc3c(c2)N(C(=O)c2ccccc2)CCC3)cc1F. The van der Waals surface area contributed by atoms with Crippen LogP contribution in [0.2, 0.25) is 0 Å². The highest BCUT2D eigenvalue weighted by atomic mass is 19.1. The summed E-state index contributed by atoms with van der Waals surface area (Å²) in [5, 5.41) is 2.79. The minimum Gasteiger partial charge on any atom is -0.494 e. The van der Waals surface area contributed by atoms with E-state index in [1.165, 1.54) is 19.2 Å². The molecule has 0 atom stereocenters. The van der Waals surface area contributed by atoms with E-state index in [0.29, 0.717) is 17.8 Å². The molecule has 0 saturated carbocycles. The van der Waals surface area contributed by atoms with Gasteiger partial charge in [-0.1, -0.05) is 24.3 Å². The Bertz CT molecular complexity index is 1100. The third-order valence-electron chi connectivity index (χ3n) is 5.14. The molecule has 0 bridgehead atoms. The molecule has 0 aliphatic carbocycles. The van der Waals surface area contributed by atoms with Gasteiger partial charge in [0.2, 0.25) is 0 Å². The zero-order valence-corrected chi connectivity index (χ0v) is 16.5. The molecular formula is C24H21FN2O3. The van der Waals surface area contributed by atoms with Gasteiger partial charge in [0, 0.05) is 29.0 Å². The van der Waals surface area contributed by atoms with Gasteiger partial charge in [0.15, 0.2) is 11.6 Å². The van der Waals surface area contributed by atoms with Crippen molar-refractivity contribution < 1.29 is 18.7 Å². The topological polar surface area (TPSA) is 58.6 Å². The maximum atomic E-state index is 13.9. The van der Waals surface area contributed by atoms with Crippen molar-refractivity contribution in [3.8, 4) is 5.75 Å². The standard InChI is InChI=1S/C24H21FN2O3/c1-30-22-12-10-18(14-20(22)25)23(28)26-19-11-9-16-8-5-13-27(21(16)15-19)24(29)17-6-3-2-4-7-17/h2-4,6-7,9-12,14-15H,5,8,13H2,1H3,(H,26,28). The van der Waals surface area contributed by atoms with Gasteiger partial charge < -0.3 is 15.0 Å². The number of hydrogen-bond donors (Lipinski definition) is 1. The lowest BCUT2D eigenvalue weighted by atomic mass is 10.00. The zero-order chi connectivity index (χ0) is 21.1. The van der Waals surface area contributed by atoms with Gasteiger partial charge in [-0.15, -0.1) is 0 Å². The van der Waals surface area contributed by atoms with Crippen LogP contribution in [0.15, 0.2) is 66.7 Å². The average Bonchev–Trinajstić information content (AvgIpc) is 2.78. The van der Waals surface area contributed by atoms with E-state index >= 15 is 0 Å². The summed E-state index contributed by atoms with van der Waals surface area (Å²) in [4.78, 5) is 27.3. The first kappa shape index (κ1) is 19.6. The van der Waals surface area contributed by atoms with E-state index in [9.17, 15) is 14.0 Å². The van der Waals surface area contributed by atoms with Crippen molar-refractivity contribution in [3.05, 3.63) is 89.2 Å². The Balaban J connectivity index is 1.59. The molecule has 1 aliphatic heterocycles. The summed E-state index contributed by atoms with van der Waals surface area (Å²) in [5.41, 5.74) is 3.19. The predicted molar refractivity (Wildman–Crippen MR) is 114 cm³/mol. The molecule has 1 aliphatic rings. The number of anilines is 2. The van der Waals surface area contributed by atoms with Crippen LogP contribution in [0.3, 0.4) is 0 Å². The van der Waals surface area contributed by atoms with Crippen molar-refractivity contribution in [2.24, 2.45) is 0 Å². The highest BCUT2D eigenvalue weighted by Gasteiger charge is 2.24. The Morgan fingerprint density at radius 2 is 1.80 bits per heavy atom. The fourth-order valence-corrected chi connectivity index (χ4v) is 3.61. The van der Waals surface area contributed by atoms with E-state index in [4.69, 9.17) is 4.74 Å². The summed E-state index contributed by atoms with van der Waals surface area (Å²) in [7, 11) is 1.37. The van der Waals surface area contributed by atoms with E-state index in [-0.39, 0.29) is 17.2 Å². The van der Waals surface area contributed by atoms with Gasteiger partial charge in [-0.25, -0.2) is 4.39 Å². The molecule has 3 aromatic rings. The maximum Gasteiger partial charge on any atom is 0.258 e. The van der Waals surface area contributed by atoms with Gasteiger partial charge in [0.05, 0.1) is 7.11 Å². The van der Waals surface area contributed by atoms with Gasteiger partial charge in [0.25, 0.3) is 11.8 Å². The number of carbonyl (C=O) groups is 2. The highest BCUT2D eigenvalue weighted by Crippen LogP contribution is 2.31. The van der Waals surface area contributed by atoms with E-state index in [1.807, 2.05) is 24.3 Å². The summed E-state index contributed by atoms with van der Waals surface area (Å²) in [6.07, 6.45) is 1.74. The summed E-state index contributed by atoms with van der Waals surface area (Å²) >= 11 is 0. The number of aryl methyl sites for hydroxylation is 1. The third kappa shape index (κ3) is 3.89. The quantitative estimate of drug-likeness (QED) is 0.687. The Hall–Kier alpha value is -3.67. The zero-order valence-electron chi connectivity index (χ0n) is 16.5. The first-order valence-electron chi connectivity index (χ1n) is 9.71. The first-order valence-corrected chi connectivity index (χ1v) is 9.71. The van der Waals surface area contributed by atoms with Crippen LogP contribution >= 0.6 is 0 Å². The molecule has 0 fully saturated rings. The van der Waals surface area contributed by atoms with Gasteiger partial charge >= 0.3 is 0 Å². The summed E-state index contributed by atoms with van der Waals surface area (Å²) in [5.74, 6) is -1.03. The van der Waals surface area contributed by atoms with E-state index in [0.717, 1.165) is 30.2 Å². The summed E-state index contributed by atoms with van der Waals surface area (Å²) < 4.78 is 18.8. The van der Waals surface area contributed by atoms with Crippen LogP contribution in [0.5, 0.6) is 5.75 Å². The second-order valence-corrected chi connectivity index (χ2v) is 7.07. The van der Waals surface area contributed by atoms with Crippen LogP contribution in [-0.4, -0.2) is 25.5 Å². The van der Waals surface area contributed by atoms with Crippen molar-refractivity contribution in [1.82, 2.24) is 0 Å². The number of carbonyl (C=O) groups excluding carboxylic acids is 2. The molecule has 0 unspecified atom stereocenters. The fourth-order valence-electron chi connectivity index (χ4n) is 3.61. The molecular weight excluding hydrogens is 383 g/mol. The van der Waals surface area contributed by atoms with E-state index in [2.05, 4.69) is 5.32 Å². The molecule has 0 saturated heterocycles. The van der Waals surface area contributed by atoms with Crippen LogP contribution in [0.1, 0.15) is 32.7 Å². The van der Waals surface area contributed by atoms with Gasteiger partial charge in [-0.3, -0.25) is 9.59 Å². The number of benzene rings is 3. The normalized spacial score (nSPS) is 12.8. The van der Waals surface area contributed by atoms with Crippen molar-refractivity contribution in [2.45, 2.75) is 12.8 Å². The Kier molecular flexibility index (Phi) is 5.48. The van der Waals surface area contributed by atoms with Crippen LogP contribution in [0, 0.1) is 5.82 Å². The van der Waals surface area contributed by atoms with Crippen LogP contribution in [0.4, 0.5) is 15.8 Å². The van der Waals surface area contributed by atoms with Crippen molar-refractivity contribution in [2.75, 3.05) is 23.9 Å². The summed E-state index contributed by atoms with van der Waals surface area (Å²) in [6, 6.07) is 18.7. The Labute approximate surface area is 174 Å². The molecule has 0 radical (unpaired) electrons. The maximum absolute atomic E-state index is 13.9. The number of ether oxygens (including phenoxy) is 1. The number of methoxy groups -OCH3 is 1. The average molecular weight is 404 g/mol. The molecule has 1 heterocycles. The van der Waals surface area contributed by atoms with E-state index < -0.39 is 11.7 Å². The Morgan fingerprint density at radius 3 is 2.53 bits per heavy atom. The molecule has 0 aromatic heterocycles. The smallest absolute Gasteiger partial charge is 0.258 e. The monoisotopic (exact) mass is 404 g/mol. The lowest BCUT2D eigenvalue weighted by Gasteiger charge is -2.30. The number of nitrogens with zero attached hydrogens (tertiary/aromatic N) is 1. The number of halogens is 1. The molecule has 3 aromatic carbocycles. The number of hydrogen-bond acceptors (Lipinski definition) is 3. The highest BCUT2D eigenvalue weighted by molar-refractivity contribution is 6.08. The predicted octanol–water partition coefficient (Wildman–Crippen LogP) is 4.68. The van der Waals surface area contributed by atoms with Crippen LogP contribution in [-0.2, 0) is 6.42 Å². The Morgan fingerprint density at radius 1 is 1.00 bits per heavy atom. The van der Waals surface area contributed by atoms with Crippen LogP contribution < -0.4 is 15.0 Å². The first-order chi connectivity index (χ1) is 14.6. The fraction of sp³-hybridized carbons (Fsp3) is 0.167. The number of fused-ring (bicyclic) bond motifs is 1. The van der Waals surface area contributed by atoms with Crippen LogP contribution in [0.25, 0.3) is 0 Å². The number of rotatable bonds is 4. The summed E-state index contributed by atoms with van der Waals surface area (Å²) in [6.45, 7) is 0.613. The lowest BCUT2D eigenvalue weighted by Crippen LogP contribution is -2.35. The second kappa shape index (κ2) is 8.37. The van der Waals surface area contributed by atoms with Crippen molar-refractivity contribution in [3.63, 3.8) is 0 Å². The van der Waals surface area contributed by atoms with Crippen molar-refractivity contribution in [1.29, 1.82) is 0 Å². The molecule has 6 heteroatoms. The minimum atomic E-state index is -0.602. The molecule has 4 rings (SSSR count). The third-order valence-corrected chi connectivity index (χ3v) is 5.14. The molecule has 5 nitrogen and oxygen atoms in total. The van der Waals surface area contributed by atoms with Gasteiger partial charge in [-0.2, -0.15) is 0 Å². The van der Waals surface area contributed by atoms with Crippen molar-refractivity contribution >= 4 is 23.2 Å². The van der Waals surface area contributed by atoms with Gasteiger partial charge in [0.1, 0.15) is 0 Å². The lowest BCUT2D eigenvalue weighted by molar-refractivity contribution is 0.0984. The molecule has 0 spiro atoms. The molecule has 30 heavy (non-hydrogen) atoms. The molecule has 2 amide bonds. The number of amides is 2. The number of nitrogens with one attached hydrogen (secondary N) is 1. The molecule has 152 valence electrons. The minimum absolute atomic E-state index is 0.0720. The second-order valence-electron chi connectivity index (χ2n) is 7.07. The molecule has 1 N–H and O–H groups in total. The van der Waals surface area contributed by atoms with Gasteiger partial charge in [-0.05, 0) is 60.9 Å². The van der Waals surface area contributed by atoms with E-state index in [1.54, 1.807) is 29.2 Å².